The Morgan fingerprint density at radius 2 is 2.05 bits per heavy atom. The first-order chi connectivity index (χ1) is 9.44. The molecule has 0 bridgehead atoms. The quantitative estimate of drug-likeness (QED) is 0.873. The van der Waals surface area contributed by atoms with Gasteiger partial charge in [-0.2, -0.15) is 0 Å². The molecule has 2 rings (SSSR count). The monoisotopic (exact) mass is 277 g/mol. The number of carbonyl (C=O) groups excluding carboxylic acids is 1. The van der Waals surface area contributed by atoms with E-state index in [1.54, 1.807) is 12.4 Å². The van der Waals surface area contributed by atoms with Gasteiger partial charge in [-0.3, -0.25) is 14.7 Å². The van der Waals surface area contributed by atoms with Crippen LogP contribution >= 0.6 is 0 Å². The molecule has 1 saturated heterocycles. The molecule has 1 aromatic heterocycles. The van der Waals surface area contributed by atoms with Gasteiger partial charge in [-0.05, 0) is 25.5 Å². The van der Waals surface area contributed by atoms with Crippen LogP contribution in [0.2, 0.25) is 0 Å². The second kappa shape index (κ2) is 6.33. The van der Waals surface area contributed by atoms with Crippen LogP contribution in [0.5, 0.6) is 0 Å². The van der Waals surface area contributed by atoms with Gasteiger partial charge in [0.05, 0.1) is 12.0 Å². The molecule has 2 heterocycles. The van der Waals surface area contributed by atoms with Gasteiger partial charge in [-0.15, -0.1) is 0 Å². The number of pyridine rings is 1. The van der Waals surface area contributed by atoms with E-state index in [-0.39, 0.29) is 5.91 Å². The number of piperazine rings is 1. The summed E-state index contributed by atoms with van der Waals surface area (Å²) in [5, 5.41) is 9.81. The minimum atomic E-state index is -0.679. The van der Waals surface area contributed by atoms with Crippen LogP contribution in [0.1, 0.15) is 19.4 Å². The van der Waals surface area contributed by atoms with Crippen LogP contribution in [-0.4, -0.2) is 64.1 Å². The Morgan fingerprint density at radius 1 is 1.35 bits per heavy atom. The first-order valence-electron chi connectivity index (χ1n) is 7.05. The summed E-state index contributed by atoms with van der Waals surface area (Å²) in [7, 11) is 0. The Kier molecular flexibility index (Phi) is 4.73. The van der Waals surface area contributed by atoms with Crippen molar-refractivity contribution in [3.05, 3.63) is 30.1 Å². The molecule has 1 aromatic rings. The molecule has 0 unspecified atom stereocenters. The number of hydrogen-bond donors (Lipinski definition) is 1. The third-order valence-electron chi connectivity index (χ3n) is 3.41. The summed E-state index contributed by atoms with van der Waals surface area (Å²) in [6.45, 7) is 7.38. The van der Waals surface area contributed by atoms with E-state index < -0.39 is 5.60 Å². The maximum absolute atomic E-state index is 12.2. The zero-order chi connectivity index (χ0) is 14.6. The van der Waals surface area contributed by atoms with Gasteiger partial charge in [0.25, 0.3) is 0 Å². The van der Waals surface area contributed by atoms with Gasteiger partial charge >= 0.3 is 0 Å². The summed E-state index contributed by atoms with van der Waals surface area (Å²) in [5.74, 6) is 0.154. The largest absolute Gasteiger partial charge is 0.389 e. The van der Waals surface area contributed by atoms with Crippen LogP contribution in [0.3, 0.4) is 0 Å². The number of nitrogens with zero attached hydrogens (tertiary/aromatic N) is 3. The molecule has 1 amide bonds. The highest BCUT2D eigenvalue weighted by Crippen LogP contribution is 2.10. The predicted octanol–water partition coefficient (Wildman–Crippen LogP) is 0.539. The SMILES string of the molecule is CC(C)(O)CN1CCN(C(=O)Cc2cccnc2)CC1. The van der Waals surface area contributed by atoms with Crippen molar-refractivity contribution in [3.8, 4) is 0 Å². The van der Waals surface area contributed by atoms with Crippen molar-refractivity contribution in [2.75, 3.05) is 32.7 Å². The van der Waals surface area contributed by atoms with Crippen molar-refractivity contribution in [1.82, 2.24) is 14.8 Å². The fraction of sp³-hybridized carbons (Fsp3) is 0.600. The maximum Gasteiger partial charge on any atom is 0.227 e. The lowest BCUT2D eigenvalue weighted by atomic mass is 10.1. The first-order valence-corrected chi connectivity index (χ1v) is 7.05. The molecule has 1 aliphatic heterocycles. The molecule has 0 atom stereocenters. The van der Waals surface area contributed by atoms with Gasteiger partial charge in [0.15, 0.2) is 0 Å². The summed E-state index contributed by atoms with van der Waals surface area (Å²) in [5.41, 5.74) is 0.276. The van der Waals surface area contributed by atoms with Gasteiger partial charge in [-0.25, -0.2) is 0 Å². The molecule has 110 valence electrons. The molecule has 0 aliphatic carbocycles. The predicted molar refractivity (Wildman–Crippen MR) is 77.3 cm³/mol. The average molecular weight is 277 g/mol. The zero-order valence-corrected chi connectivity index (χ0v) is 12.2. The topological polar surface area (TPSA) is 56.7 Å². The molecular formula is C15H23N3O2. The van der Waals surface area contributed by atoms with E-state index in [2.05, 4.69) is 9.88 Å². The van der Waals surface area contributed by atoms with Gasteiger partial charge in [-0.1, -0.05) is 6.07 Å². The van der Waals surface area contributed by atoms with Crippen molar-refractivity contribution in [2.45, 2.75) is 25.9 Å². The van der Waals surface area contributed by atoms with Crippen molar-refractivity contribution >= 4 is 5.91 Å². The molecule has 5 nitrogen and oxygen atoms in total. The highest BCUT2D eigenvalue weighted by atomic mass is 16.3. The summed E-state index contributed by atoms with van der Waals surface area (Å²) < 4.78 is 0. The van der Waals surface area contributed by atoms with E-state index in [1.165, 1.54) is 0 Å². The molecule has 0 spiro atoms. The average Bonchev–Trinajstić information content (AvgIpc) is 2.39. The molecule has 20 heavy (non-hydrogen) atoms. The van der Waals surface area contributed by atoms with Crippen molar-refractivity contribution in [1.29, 1.82) is 0 Å². The fourth-order valence-electron chi connectivity index (χ4n) is 2.49. The number of carbonyl (C=O) groups is 1. The van der Waals surface area contributed by atoms with Crippen LogP contribution in [0, 0.1) is 0 Å². The Balaban J connectivity index is 1.80. The lowest BCUT2D eigenvalue weighted by molar-refractivity contribution is -0.132. The second-order valence-corrected chi connectivity index (χ2v) is 6.01. The minimum Gasteiger partial charge on any atom is -0.389 e. The molecule has 1 fully saturated rings. The summed E-state index contributed by atoms with van der Waals surface area (Å²) in [6.07, 6.45) is 3.87. The van der Waals surface area contributed by atoms with Crippen molar-refractivity contribution in [3.63, 3.8) is 0 Å². The van der Waals surface area contributed by atoms with Crippen LogP contribution in [0.25, 0.3) is 0 Å². The normalized spacial score (nSPS) is 17.2. The van der Waals surface area contributed by atoms with Crippen LogP contribution in [0.15, 0.2) is 24.5 Å². The third kappa shape index (κ3) is 4.58. The standard InChI is InChI=1S/C15H23N3O2/c1-15(2,20)12-17-6-8-18(9-7-17)14(19)10-13-4-3-5-16-11-13/h3-5,11,20H,6-10,12H2,1-2H3. The van der Waals surface area contributed by atoms with Gasteiger partial charge in [0, 0.05) is 45.1 Å². The van der Waals surface area contributed by atoms with Crippen LogP contribution < -0.4 is 0 Å². The van der Waals surface area contributed by atoms with E-state index in [4.69, 9.17) is 0 Å². The second-order valence-electron chi connectivity index (χ2n) is 6.01. The lowest BCUT2D eigenvalue weighted by Crippen LogP contribution is -2.52. The molecular weight excluding hydrogens is 254 g/mol. The van der Waals surface area contributed by atoms with E-state index in [0.29, 0.717) is 13.0 Å². The Hall–Kier alpha value is -1.46. The summed E-state index contributed by atoms with van der Waals surface area (Å²) in [4.78, 5) is 20.3. The van der Waals surface area contributed by atoms with Crippen molar-refractivity contribution < 1.29 is 9.90 Å². The van der Waals surface area contributed by atoms with E-state index in [1.807, 2.05) is 30.9 Å². The van der Waals surface area contributed by atoms with Crippen LogP contribution in [0.4, 0.5) is 0 Å². The van der Waals surface area contributed by atoms with E-state index >= 15 is 0 Å². The lowest BCUT2D eigenvalue weighted by Gasteiger charge is -2.37. The number of rotatable bonds is 4. The summed E-state index contributed by atoms with van der Waals surface area (Å²) in [6, 6.07) is 3.78. The number of amides is 1. The molecule has 0 aromatic carbocycles. The number of hydrogen-bond acceptors (Lipinski definition) is 4. The van der Waals surface area contributed by atoms with Gasteiger partial charge < -0.3 is 10.0 Å². The van der Waals surface area contributed by atoms with Crippen molar-refractivity contribution in [2.24, 2.45) is 0 Å². The summed E-state index contributed by atoms with van der Waals surface area (Å²) >= 11 is 0. The van der Waals surface area contributed by atoms with E-state index in [9.17, 15) is 9.90 Å². The highest BCUT2D eigenvalue weighted by Gasteiger charge is 2.24. The molecule has 0 saturated carbocycles. The smallest absolute Gasteiger partial charge is 0.227 e. The minimum absolute atomic E-state index is 0.154. The Labute approximate surface area is 120 Å². The number of aromatic nitrogens is 1. The van der Waals surface area contributed by atoms with Gasteiger partial charge in [0.2, 0.25) is 5.91 Å². The molecule has 1 aliphatic rings. The number of β-amino-alcohol motifs (C(OH)–C–C–N with tert-alkyl or cyclic N) is 1. The fourth-order valence-corrected chi connectivity index (χ4v) is 2.49. The zero-order valence-electron chi connectivity index (χ0n) is 12.2. The van der Waals surface area contributed by atoms with E-state index in [0.717, 1.165) is 31.7 Å². The molecule has 0 radical (unpaired) electrons. The Bertz CT molecular complexity index is 434. The van der Waals surface area contributed by atoms with Crippen LogP contribution in [-0.2, 0) is 11.2 Å². The Morgan fingerprint density at radius 3 is 2.60 bits per heavy atom. The number of aliphatic hydroxyl groups is 1. The maximum atomic E-state index is 12.2. The molecule has 1 N–H and O–H groups in total. The molecule has 5 heteroatoms. The third-order valence-corrected chi connectivity index (χ3v) is 3.41. The first kappa shape index (κ1) is 14.9. The van der Waals surface area contributed by atoms with Gasteiger partial charge in [0.1, 0.15) is 0 Å². The highest BCUT2D eigenvalue weighted by molar-refractivity contribution is 5.78.